The van der Waals surface area contributed by atoms with Crippen molar-refractivity contribution >= 4 is 11.6 Å². The van der Waals surface area contributed by atoms with Crippen LogP contribution in [0.2, 0.25) is 0 Å². The number of amides is 1. The van der Waals surface area contributed by atoms with Crippen molar-refractivity contribution < 1.29 is 9.90 Å². The lowest BCUT2D eigenvalue weighted by Crippen LogP contribution is -2.24. The third-order valence-corrected chi connectivity index (χ3v) is 3.57. The largest absolute Gasteiger partial charge is 0.396 e. The molecule has 114 valence electrons. The van der Waals surface area contributed by atoms with Gasteiger partial charge in [0.15, 0.2) is 0 Å². The Morgan fingerprint density at radius 3 is 3.00 bits per heavy atom. The first-order valence-corrected chi connectivity index (χ1v) is 7.52. The maximum absolute atomic E-state index is 11.8. The number of hydrogen-bond donors (Lipinski definition) is 2. The highest BCUT2D eigenvalue weighted by atomic mass is 16.2. The van der Waals surface area contributed by atoms with Gasteiger partial charge in [-0.25, -0.2) is 4.98 Å². The molecule has 2 aromatic rings. The van der Waals surface area contributed by atoms with E-state index in [4.69, 9.17) is 5.11 Å². The molecule has 2 rings (SSSR count). The van der Waals surface area contributed by atoms with Gasteiger partial charge in [0.2, 0.25) is 5.91 Å². The van der Waals surface area contributed by atoms with Gasteiger partial charge in [0.25, 0.3) is 0 Å². The fourth-order valence-corrected chi connectivity index (χ4v) is 2.43. The van der Waals surface area contributed by atoms with E-state index in [0.717, 1.165) is 36.3 Å². The number of fused-ring (bicyclic) bond motifs is 1. The first kappa shape index (κ1) is 15.5. The second-order valence-electron chi connectivity index (χ2n) is 5.21. The molecule has 0 spiro atoms. The Labute approximate surface area is 125 Å². The van der Waals surface area contributed by atoms with Crippen LogP contribution in [0.15, 0.2) is 24.4 Å². The van der Waals surface area contributed by atoms with E-state index in [9.17, 15) is 4.79 Å². The molecule has 0 aromatic carbocycles. The summed E-state index contributed by atoms with van der Waals surface area (Å²) in [6, 6.07) is 5.90. The number of aliphatic hydroxyl groups excluding tert-OH is 1. The van der Waals surface area contributed by atoms with Gasteiger partial charge in [-0.1, -0.05) is 6.07 Å². The van der Waals surface area contributed by atoms with Crippen molar-refractivity contribution in [2.45, 2.75) is 39.0 Å². The summed E-state index contributed by atoms with van der Waals surface area (Å²) in [6.45, 7) is 2.89. The molecule has 0 bridgehead atoms. The summed E-state index contributed by atoms with van der Waals surface area (Å²) in [4.78, 5) is 16.3. The highest BCUT2D eigenvalue weighted by Gasteiger charge is 2.10. The minimum atomic E-state index is 0.0734. The van der Waals surface area contributed by atoms with Gasteiger partial charge in [0.05, 0.1) is 5.69 Å². The average molecular weight is 289 g/mol. The zero-order chi connectivity index (χ0) is 15.1. The normalized spacial score (nSPS) is 11.0. The second kappa shape index (κ2) is 7.78. The van der Waals surface area contributed by atoms with Crippen molar-refractivity contribution in [1.29, 1.82) is 0 Å². The molecule has 0 aliphatic carbocycles. The first-order chi connectivity index (χ1) is 10.2. The molecule has 0 radical (unpaired) electrons. The average Bonchev–Trinajstić information content (AvgIpc) is 2.80. The predicted molar refractivity (Wildman–Crippen MR) is 82.2 cm³/mol. The minimum absolute atomic E-state index is 0.0734. The molecular weight excluding hydrogens is 266 g/mol. The number of nitrogens with one attached hydrogen (secondary N) is 1. The van der Waals surface area contributed by atoms with Crippen molar-refractivity contribution in [2.24, 2.45) is 0 Å². The van der Waals surface area contributed by atoms with Crippen molar-refractivity contribution in [3.8, 4) is 0 Å². The second-order valence-corrected chi connectivity index (χ2v) is 5.21. The highest BCUT2D eigenvalue weighted by molar-refractivity contribution is 5.76. The Hall–Kier alpha value is -1.88. The molecule has 2 heterocycles. The molecule has 0 aliphatic heterocycles. The molecule has 0 fully saturated rings. The Morgan fingerprint density at radius 2 is 2.19 bits per heavy atom. The maximum Gasteiger partial charge on any atom is 0.220 e. The predicted octanol–water partition coefficient (Wildman–Crippen LogP) is 1.85. The van der Waals surface area contributed by atoms with Crippen LogP contribution in [0.25, 0.3) is 5.65 Å². The van der Waals surface area contributed by atoms with Crippen LogP contribution in [0.4, 0.5) is 0 Å². The van der Waals surface area contributed by atoms with Crippen molar-refractivity contribution in [3.63, 3.8) is 0 Å². The van der Waals surface area contributed by atoms with E-state index in [0.29, 0.717) is 19.4 Å². The lowest BCUT2D eigenvalue weighted by molar-refractivity contribution is -0.121. The van der Waals surface area contributed by atoms with Crippen LogP contribution in [-0.2, 0) is 11.2 Å². The van der Waals surface area contributed by atoms with Gasteiger partial charge in [-0.3, -0.25) is 4.79 Å². The number of aliphatic hydroxyl groups is 1. The van der Waals surface area contributed by atoms with E-state index in [1.807, 2.05) is 35.7 Å². The van der Waals surface area contributed by atoms with Gasteiger partial charge in [0.1, 0.15) is 5.65 Å². The summed E-state index contributed by atoms with van der Waals surface area (Å²) >= 11 is 0. The minimum Gasteiger partial charge on any atom is -0.396 e. The molecule has 1 amide bonds. The number of rotatable bonds is 8. The number of aryl methyl sites for hydroxylation is 2. The van der Waals surface area contributed by atoms with Crippen LogP contribution in [0.3, 0.4) is 0 Å². The fraction of sp³-hybridized carbons (Fsp3) is 0.500. The Morgan fingerprint density at radius 1 is 1.33 bits per heavy atom. The molecular formula is C16H23N3O2. The molecule has 5 heteroatoms. The Bertz CT molecular complexity index is 592. The molecule has 21 heavy (non-hydrogen) atoms. The number of carbonyl (C=O) groups excluding carboxylic acids is 1. The summed E-state index contributed by atoms with van der Waals surface area (Å²) in [6.07, 6.45) is 5.82. The van der Waals surface area contributed by atoms with Crippen LogP contribution < -0.4 is 5.32 Å². The summed E-state index contributed by atoms with van der Waals surface area (Å²) in [7, 11) is 0. The van der Waals surface area contributed by atoms with Gasteiger partial charge in [-0.15, -0.1) is 0 Å². The molecule has 0 saturated heterocycles. The zero-order valence-corrected chi connectivity index (χ0v) is 12.5. The monoisotopic (exact) mass is 289 g/mol. The first-order valence-electron chi connectivity index (χ1n) is 7.52. The lowest BCUT2D eigenvalue weighted by atomic mass is 10.2. The summed E-state index contributed by atoms with van der Waals surface area (Å²) < 4.78 is 2.05. The van der Waals surface area contributed by atoms with Gasteiger partial charge in [0, 0.05) is 31.5 Å². The van der Waals surface area contributed by atoms with E-state index >= 15 is 0 Å². The number of carbonyl (C=O) groups is 1. The van der Waals surface area contributed by atoms with E-state index in [1.54, 1.807) is 0 Å². The smallest absolute Gasteiger partial charge is 0.220 e. The summed E-state index contributed by atoms with van der Waals surface area (Å²) in [5.74, 6) is 0.0734. The van der Waals surface area contributed by atoms with Crippen LogP contribution in [-0.4, -0.2) is 33.6 Å². The number of hydrogen-bond acceptors (Lipinski definition) is 3. The number of aromatic nitrogens is 2. The van der Waals surface area contributed by atoms with Crippen LogP contribution in [0.1, 0.15) is 37.1 Å². The highest BCUT2D eigenvalue weighted by Crippen LogP contribution is 2.13. The van der Waals surface area contributed by atoms with Crippen LogP contribution >= 0.6 is 0 Å². The number of pyridine rings is 1. The quantitative estimate of drug-likeness (QED) is 0.729. The third kappa shape index (κ3) is 4.29. The van der Waals surface area contributed by atoms with Crippen molar-refractivity contribution in [2.75, 3.05) is 13.2 Å². The van der Waals surface area contributed by atoms with E-state index in [-0.39, 0.29) is 12.5 Å². The molecule has 2 N–H and O–H groups in total. The fourth-order valence-electron chi connectivity index (χ4n) is 2.43. The van der Waals surface area contributed by atoms with E-state index in [2.05, 4.69) is 10.3 Å². The van der Waals surface area contributed by atoms with Crippen LogP contribution in [0.5, 0.6) is 0 Å². The maximum atomic E-state index is 11.8. The molecule has 0 unspecified atom stereocenters. The molecule has 2 aromatic heterocycles. The van der Waals surface area contributed by atoms with Crippen molar-refractivity contribution in [3.05, 3.63) is 35.8 Å². The van der Waals surface area contributed by atoms with Gasteiger partial charge >= 0.3 is 0 Å². The van der Waals surface area contributed by atoms with E-state index in [1.165, 1.54) is 0 Å². The SMILES string of the molecule is Cc1nc2ccccn2c1CCC(=O)NCCCCCO. The van der Waals surface area contributed by atoms with Crippen LogP contribution in [0, 0.1) is 6.92 Å². The van der Waals surface area contributed by atoms with Gasteiger partial charge in [-0.05, 0) is 44.7 Å². The molecule has 0 saturated carbocycles. The Kier molecular flexibility index (Phi) is 5.75. The van der Waals surface area contributed by atoms with E-state index < -0.39 is 0 Å². The summed E-state index contributed by atoms with van der Waals surface area (Å²) in [5, 5.41) is 11.6. The molecule has 0 aliphatic rings. The van der Waals surface area contributed by atoms with Gasteiger partial charge < -0.3 is 14.8 Å². The topological polar surface area (TPSA) is 66.6 Å². The van der Waals surface area contributed by atoms with Gasteiger partial charge in [-0.2, -0.15) is 0 Å². The molecule has 5 nitrogen and oxygen atoms in total. The molecule has 0 atom stereocenters. The zero-order valence-electron chi connectivity index (χ0n) is 12.5. The number of imidazole rings is 1. The Balaban J connectivity index is 1.81. The summed E-state index contributed by atoms with van der Waals surface area (Å²) in [5.41, 5.74) is 3.01. The lowest BCUT2D eigenvalue weighted by Gasteiger charge is -2.06. The number of nitrogens with zero attached hydrogens (tertiary/aromatic N) is 2. The third-order valence-electron chi connectivity index (χ3n) is 3.57. The standard InChI is InChI=1S/C16H23N3O2/c1-13-14(19-11-5-3-7-15(19)18-13)8-9-16(21)17-10-4-2-6-12-20/h3,5,7,11,20H,2,4,6,8-10,12H2,1H3,(H,17,21). The number of unbranched alkanes of at least 4 members (excludes halogenated alkanes) is 2. The van der Waals surface area contributed by atoms with Crippen molar-refractivity contribution in [1.82, 2.24) is 14.7 Å².